The number of carbonyl (C=O) groups excluding carboxylic acids is 3. The van der Waals surface area contributed by atoms with Gasteiger partial charge in [0.25, 0.3) is 5.91 Å². The summed E-state index contributed by atoms with van der Waals surface area (Å²) in [5.74, 6) is 0.473. The number of nitrogens with zero attached hydrogens (tertiary/aromatic N) is 1. The highest BCUT2D eigenvalue weighted by molar-refractivity contribution is 5.98. The molecule has 9 heteroatoms. The molecule has 0 aliphatic heterocycles. The second-order valence-corrected chi connectivity index (χ2v) is 6.88. The number of methoxy groups -OCH3 is 3. The van der Waals surface area contributed by atoms with Gasteiger partial charge in [0.2, 0.25) is 11.8 Å². The first-order chi connectivity index (χ1) is 15.4. The van der Waals surface area contributed by atoms with Crippen LogP contribution in [0.2, 0.25) is 0 Å². The van der Waals surface area contributed by atoms with Crippen LogP contribution in [0, 0.1) is 0 Å². The van der Waals surface area contributed by atoms with E-state index in [2.05, 4.69) is 10.6 Å². The molecular weight excluding hydrogens is 414 g/mol. The van der Waals surface area contributed by atoms with Crippen molar-refractivity contribution in [3.8, 4) is 17.2 Å². The Kier molecular flexibility index (Phi) is 9.34. The SMILES string of the molecule is CCCN(CC(=O)NCC(=O)Nc1ccc(OC)cc1)C(=O)c1cc(OC)cc(OC)c1. The number of nitrogens with one attached hydrogen (secondary N) is 2. The number of rotatable bonds is 11. The average Bonchev–Trinajstić information content (AvgIpc) is 2.82. The van der Waals surface area contributed by atoms with Gasteiger partial charge in [-0.3, -0.25) is 14.4 Å². The molecule has 0 aliphatic rings. The second kappa shape index (κ2) is 12.2. The summed E-state index contributed by atoms with van der Waals surface area (Å²) >= 11 is 0. The standard InChI is InChI=1S/C23H29N3O6/c1-5-10-26(23(29)16-11-19(31-3)13-20(12-16)32-4)15-22(28)24-14-21(27)25-17-6-8-18(30-2)9-7-17/h6-9,11-13H,5,10,14-15H2,1-4H3,(H,24,28)(H,25,27). The molecule has 2 aromatic carbocycles. The molecule has 2 aromatic rings. The van der Waals surface area contributed by atoms with Gasteiger partial charge in [0.1, 0.15) is 17.2 Å². The third-order valence-corrected chi connectivity index (χ3v) is 4.53. The Morgan fingerprint density at radius 1 is 0.844 bits per heavy atom. The van der Waals surface area contributed by atoms with Gasteiger partial charge in [0, 0.05) is 23.9 Å². The number of hydrogen-bond acceptors (Lipinski definition) is 6. The van der Waals surface area contributed by atoms with E-state index in [0.717, 1.165) is 0 Å². The molecule has 0 fully saturated rings. The minimum absolute atomic E-state index is 0.179. The lowest BCUT2D eigenvalue weighted by Crippen LogP contribution is -2.43. The molecule has 0 radical (unpaired) electrons. The molecule has 3 amide bonds. The van der Waals surface area contributed by atoms with Crippen LogP contribution in [-0.2, 0) is 9.59 Å². The van der Waals surface area contributed by atoms with E-state index in [1.807, 2.05) is 6.92 Å². The fourth-order valence-corrected chi connectivity index (χ4v) is 2.92. The fourth-order valence-electron chi connectivity index (χ4n) is 2.92. The largest absolute Gasteiger partial charge is 0.497 e. The number of ether oxygens (including phenoxy) is 3. The molecule has 0 saturated heterocycles. The van der Waals surface area contributed by atoms with Crippen molar-refractivity contribution in [2.24, 2.45) is 0 Å². The van der Waals surface area contributed by atoms with Crippen molar-refractivity contribution >= 4 is 23.4 Å². The van der Waals surface area contributed by atoms with Gasteiger partial charge in [-0.15, -0.1) is 0 Å². The maximum atomic E-state index is 13.0. The van der Waals surface area contributed by atoms with E-state index < -0.39 is 5.91 Å². The van der Waals surface area contributed by atoms with Crippen LogP contribution in [0.4, 0.5) is 5.69 Å². The summed E-state index contributed by atoms with van der Waals surface area (Å²) in [6.45, 7) is 1.89. The third-order valence-electron chi connectivity index (χ3n) is 4.53. The number of benzene rings is 2. The topological polar surface area (TPSA) is 106 Å². The molecule has 2 N–H and O–H groups in total. The summed E-state index contributed by atoms with van der Waals surface area (Å²) in [4.78, 5) is 38.9. The highest BCUT2D eigenvalue weighted by Crippen LogP contribution is 2.23. The van der Waals surface area contributed by atoms with Gasteiger partial charge in [0.15, 0.2) is 0 Å². The van der Waals surface area contributed by atoms with Gasteiger partial charge < -0.3 is 29.7 Å². The van der Waals surface area contributed by atoms with E-state index in [0.29, 0.717) is 41.5 Å². The molecule has 172 valence electrons. The molecule has 32 heavy (non-hydrogen) atoms. The molecule has 0 bridgehead atoms. The van der Waals surface area contributed by atoms with Crippen LogP contribution in [0.5, 0.6) is 17.2 Å². The maximum absolute atomic E-state index is 13.0. The van der Waals surface area contributed by atoms with Crippen LogP contribution in [0.3, 0.4) is 0 Å². The minimum atomic E-state index is -0.438. The number of anilines is 1. The summed E-state index contributed by atoms with van der Waals surface area (Å²) in [6, 6.07) is 11.7. The number of carbonyl (C=O) groups is 3. The Bertz CT molecular complexity index is 908. The van der Waals surface area contributed by atoms with Gasteiger partial charge in [-0.1, -0.05) is 6.92 Å². The highest BCUT2D eigenvalue weighted by atomic mass is 16.5. The molecule has 0 spiro atoms. The normalized spacial score (nSPS) is 10.1. The molecule has 0 unspecified atom stereocenters. The molecule has 0 atom stereocenters. The van der Waals surface area contributed by atoms with Gasteiger partial charge in [0.05, 0.1) is 34.4 Å². The van der Waals surface area contributed by atoms with E-state index in [9.17, 15) is 14.4 Å². The minimum Gasteiger partial charge on any atom is -0.497 e. The van der Waals surface area contributed by atoms with E-state index >= 15 is 0 Å². The van der Waals surface area contributed by atoms with Gasteiger partial charge in [-0.25, -0.2) is 0 Å². The van der Waals surface area contributed by atoms with E-state index in [1.54, 1.807) is 49.6 Å². The van der Waals surface area contributed by atoms with E-state index in [4.69, 9.17) is 14.2 Å². The Balaban J connectivity index is 1.95. The van der Waals surface area contributed by atoms with Crippen LogP contribution in [0.15, 0.2) is 42.5 Å². The van der Waals surface area contributed by atoms with Crippen molar-refractivity contribution in [1.29, 1.82) is 0 Å². The monoisotopic (exact) mass is 443 g/mol. The fraction of sp³-hybridized carbons (Fsp3) is 0.348. The summed E-state index contributed by atoms with van der Waals surface area (Å²) in [7, 11) is 4.55. The van der Waals surface area contributed by atoms with E-state index in [1.165, 1.54) is 19.1 Å². The van der Waals surface area contributed by atoms with Crippen LogP contribution >= 0.6 is 0 Å². The van der Waals surface area contributed by atoms with Crippen LogP contribution < -0.4 is 24.8 Å². The van der Waals surface area contributed by atoms with Gasteiger partial charge in [-0.2, -0.15) is 0 Å². The Morgan fingerprint density at radius 2 is 1.44 bits per heavy atom. The van der Waals surface area contributed by atoms with Crippen molar-refractivity contribution in [2.75, 3.05) is 46.3 Å². The van der Waals surface area contributed by atoms with Crippen molar-refractivity contribution in [3.63, 3.8) is 0 Å². The second-order valence-electron chi connectivity index (χ2n) is 6.88. The molecule has 2 rings (SSSR count). The molecule has 0 aromatic heterocycles. The Labute approximate surface area is 187 Å². The van der Waals surface area contributed by atoms with Crippen molar-refractivity contribution in [2.45, 2.75) is 13.3 Å². The zero-order chi connectivity index (χ0) is 23.5. The summed E-state index contributed by atoms with van der Waals surface area (Å²) in [6.07, 6.45) is 0.665. The summed E-state index contributed by atoms with van der Waals surface area (Å²) in [5.41, 5.74) is 0.930. The Morgan fingerprint density at radius 3 is 1.97 bits per heavy atom. The maximum Gasteiger partial charge on any atom is 0.254 e. The third kappa shape index (κ3) is 7.19. The van der Waals surface area contributed by atoms with Crippen LogP contribution in [-0.4, -0.2) is 63.6 Å². The van der Waals surface area contributed by atoms with Crippen LogP contribution in [0.25, 0.3) is 0 Å². The number of hydrogen-bond donors (Lipinski definition) is 2. The lowest BCUT2D eigenvalue weighted by atomic mass is 10.1. The predicted molar refractivity (Wildman–Crippen MR) is 120 cm³/mol. The average molecular weight is 444 g/mol. The molecular formula is C23H29N3O6. The molecule has 0 heterocycles. The summed E-state index contributed by atoms with van der Waals surface area (Å²) in [5, 5.41) is 5.23. The van der Waals surface area contributed by atoms with Crippen molar-refractivity contribution in [1.82, 2.24) is 10.2 Å². The highest BCUT2D eigenvalue weighted by Gasteiger charge is 2.20. The first-order valence-corrected chi connectivity index (χ1v) is 10.1. The van der Waals surface area contributed by atoms with Gasteiger partial charge >= 0.3 is 0 Å². The molecule has 9 nitrogen and oxygen atoms in total. The van der Waals surface area contributed by atoms with Gasteiger partial charge in [-0.05, 0) is 42.8 Å². The molecule has 0 aliphatic carbocycles. The first kappa shape index (κ1) is 24.5. The quantitative estimate of drug-likeness (QED) is 0.552. The Hall–Kier alpha value is -3.75. The molecule has 0 saturated carbocycles. The first-order valence-electron chi connectivity index (χ1n) is 10.1. The zero-order valence-corrected chi connectivity index (χ0v) is 18.8. The predicted octanol–water partition coefficient (Wildman–Crippen LogP) is 2.32. The lowest BCUT2D eigenvalue weighted by Gasteiger charge is -2.22. The van der Waals surface area contributed by atoms with E-state index in [-0.39, 0.29) is 24.9 Å². The van der Waals surface area contributed by atoms with Crippen molar-refractivity contribution < 1.29 is 28.6 Å². The number of amides is 3. The lowest BCUT2D eigenvalue weighted by molar-refractivity contribution is -0.124. The zero-order valence-electron chi connectivity index (χ0n) is 18.8. The smallest absolute Gasteiger partial charge is 0.254 e. The summed E-state index contributed by atoms with van der Waals surface area (Å²) < 4.78 is 15.5. The van der Waals surface area contributed by atoms with Crippen LogP contribution in [0.1, 0.15) is 23.7 Å². The van der Waals surface area contributed by atoms with Crippen molar-refractivity contribution in [3.05, 3.63) is 48.0 Å².